The summed E-state index contributed by atoms with van der Waals surface area (Å²) >= 11 is 0. The second kappa shape index (κ2) is 6.50. The first kappa shape index (κ1) is 13.8. The standard InChI is InChI=1S/C13H25N3O2/c1-2-16-6-7-18-12(9-16)13(17)15-11-5-3-4-10(11)8-14/h10-12H,2-9,14H2,1H3,(H,15,17). The molecule has 1 aliphatic heterocycles. The van der Waals surface area contributed by atoms with Crippen LogP contribution in [-0.4, -0.2) is 55.7 Å². The quantitative estimate of drug-likeness (QED) is 0.739. The highest BCUT2D eigenvalue weighted by molar-refractivity contribution is 5.81. The maximum absolute atomic E-state index is 12.2. The Bertz CT molecular complexity index is 285. The zero-order chi connectivity index (χ0) is 13.0. The van der Waals surface area contributed by atoms with Gasteiger partial charge in [0.2, 0.25) is 0 Å². The van der Waals surface area contributed by atoms with Gasteiger partial charge in [0.05, 0.1) is 6.61 Å². The number of ether oxygens (including phenoxy) is 1. The van der Waals surface area contributed by atoms with Crippen LogP contribution < -0.4 is 11.1 Å². The Morgan fingerprint density at radius 2 is 2.33 bits per heavy atom. The second-order valence-corrected chi connectivity index (χ2v) is 5.29. The number of hydrogen-bond acceptors (Lipinski definition) is 4. The van der Waals surface area contributed by atoms with Gasteiger partial charge in [-0.2, -0.15) is 0 Å². The smallest absolute Gasteiger partial charge is 0.250 e. The van der Waals surface area contributed by atoms with Crippen LogP contribution in [0.2, 0.25) is 0 Å². The van der Waals surface area contributed by atoms with E-state index in [1.165, 1.54) is 6.42 Å². The number of amides is 1. The van der Waals surface area contributed by atoms with E-state index in [0.29, 0.717) is 25.6 Å². The fraction of sp³-hybridized carbons (Fsp3) is 0.923. The average Bonchev–Trinajstić information content (AvgIpc) is 2.86. The molecule has 2 aliphatic rings. The summed E-state index contributed by atoms with van der Waals surface area (Å²) in [7, 11) is 0. The van der Waals surface area contributed by atoms with Crippen molar-refractivity contribution in [3.8, 4) is 0 Å². The molecule has 3 N–H and O–H groups in total. The minimum Gasteiger partial charge on any atom is -0.366 e. The number of rotatable bonds is 4. The molecule has 0 bridgehead atoms. The summed E-state index contributed by atoms with van der Waals surface area (Å²) in [6, 6.07) is 0.253. The molecule has 2 rings (SSSR count). The molecule has 1 heterocycles. The minimum atomic E-state index is -0.308. The predicted molar refractivity (Wildman–Crippen MR) is 70.2 cm³/mol. The number of hydrogen-bond donors (Lipinski definition) is 2. The van der Waals surface area contributed by atoms with Crippen LogP contribution in [-0.2, 0) is 9.53 Å². The van der Waals surface area contributed by atoms with Crippen molar-refractivity contribution in [2.45, 2.75) is 38.3 Å². The van der Waals surface area contributed by atoms with E-state index >= 15 is 0 Å². The largest absolute Gasteiger partial charge is 0.366 e. The molecule has 0 spiro atoms. The highest BCUT2D eigenvalue weighted by Crippen LogP contribution is 2.24. The minimum absolute atomic E-state index is 0.0403. The molecule has 0 radical (unpaired) electrons. The number of likely N-dealkylation sites (N-methyl/N-ethyl adjacent to an activating group) is 1. The Labute approximate surface area is 109 Å². The van der Waals surface area contributed by atoms with Crippen molar-refractivity contribution in [3.05, 3.63) is 0 Å². The molecule has 1 amide bonds. The lowest BCUT2D eigenvalue weighted by molar-refractivity contribution is -0.139. The Morgan fingerprint density at radius 3 is 3.06 bits per heavy atom. The highest BCUT2D eigenvalue weighted by Gasteiger charge is 2.31. The van der Waals surface area contributed by atoms with E-state index in [9.17, 15) is 4.79 Å². The fourth-order valence-electron chi connectivity index (χ4n) is 2.93. The Morgan fingerprint density at radius 1 is 1.50 bits per heavy atom. The van der Waals surface area contributed by atoms with Crippen molar-refractivity contribution in [1.82, 2.24) is 10.2 Å². The third-order valence-corrected chi connectivity index (χ3v) is 4.18. The van der Waals surface area contributed by atoms with Gasteiger partial charge in [0.25, 0.3) is 5.91 Å². The maximum Gasteiger partial charge on any atom is 0.250 e. The van der Waals surface area contributed by atoms with Crippen molar-refractivity contribution < 1.29 is 9.53 Å². The average molecular weight is 255 g/mol. The van der Waals surface area contributed by atoms with Crippen LogP contribution in [0.3, 0.4) is 0 Å². The van der Waals surface area contributed by atoms with Gasteiger partial charge in [0.15, 0.2) is 0 Å². The molecular formula is C13H25N3O2. The number of nitrogens with two attached hydrogens (primary N) is 1. The van der Waals surface area contributed by atoms with E-state index in [0.717, 1.165) is 25.9 Å². The summed E-state index contributed by atoms with van der Waals surface area (Å²) in [5.41, 5.74) is 5.73. The van der Waals surface area contributed by atoms with Crippen molar-refractivity contribution in [2.24, 2.45) is 11.7 Å². The van der Waals surface area contributed by atoms with Crippen molar-refractivity contribution in [2.75, 3.05) is 32.8 Å². The van der Waals surface area contributed by atoms with E-state index in [4.69, 9.17) is 10.5 Å². The third-order valence-electron chi connectivity index (χ3n) is 4.18. The molecule has 3 unspecified atom stereocenters. The number of nitrogens with zero attached hydrogens (tertiary/aromatic N) is 1. The van der Waals surface area contributed by atoms with Crippen molar-refractivity contribution in [1.29, 1.82) is 0 Å². The van der Waals surface area contributed by atoms with E-state index in [1.807, 2.05) is 0 Å². The Kier molecular flexibility index (Phi) is 4.97. The van der Waals surface area contributed by atoms with Crippen LogP contribution in [0.25, 0.3) is 0 Å². The van der Waals surface area contributed by atoms with Crippen molar-refractivity contribution in [3.63, 3.8) is 0 Å². The number of carbonyl (C=O) groups is 1. The maximum atomic E-state index is 12.2. The summed E-state index contributed by atoms with van der Waals surface area (Å²) in [6.45, 7) is 6.04. The molecular weight excluding hydrogens is 230 g/mol. The van der Waals surface area contributed by atoms with Gasteiger partial charge in [0.1, 0.15) is 6.10 Å². The summed E-state index contributed by atoms with van der Waals surface area (Å²) in [4.78, 5) is 14.4. The lowest BCUT2D eigenvalue weighted by Crippen LogP contribution is -2.52. The molecule has 0 aromatic carbocycles. The lowest BCUT2D eigenvalue weighted by Gasteiger charge is -2.32. The number of morpholine rings is 1. The fourth-order valence-corrected chi connectivity index (χ4v) is 2.93. The van der Waals surface area contributed by atoms with Crippen LogP contribution in [0.1, 0.15) is 26.2 Å². The van der Waals surface area contributed by atoms with E-state index < -0.39 is 0 Å². The summed E-state index contributed by atoms with van der Waals surface area (Å²) in [5.74, 6) is 0.485. The monoisotopic (exact) mass is 255 g/mol. The normalized spacial score (nSPS) is 33.6. The first-order chi connectivity index (χ1) is 8.74. The SMILES string of the molecule is CCN1CCOC(C(=O)NC2CCCC2CN)C1. The first-order valence-electron chi connectivity index (χ1n) is 7.09. The van der Waals surface area contributed by atoms with E-state index in [-0.39, 0.29) is 18.1 Å². The molecule has 1 aliphatic carbocycles. The predicted octanol–water partition coefficient (Wildman–Crippen LogP) is -0.0493. The molecule has 5 heteroatoms. The molecule has 3 atom stereocenters. The van der Waals surface area contributed by atoms with Gasteiger partial charge in [0, 0.05) is 19.1 Å². The van der Waals surface area contributed by atoms with Gasteiger partial charge in [-0.1, -0.05) is 13.3 Å². The molecule has 1 saturated carbocycles. The topological polar surface area (TPSA) is 67.6 Å². The van der Waals surface area contributed by atoms with Crippen LogP contribution in [0.4, 0.5) is 0 Å². The first-order valence-corrected chi connectivity index (χ1v) is 7.09. The van der Waals surface area contributed by atoms with Gasteiger partial charge in [-0.05, 0) is 31.8 Å². The molecule has 0 aromatic rings. The van der Waals surface area contributed by atoms with Crippen LogP contribution in [0.15, 0.2) is 0 Å². The van der Waals surface area contributed by atoms with E-state index in [2.05, 4.69) is 17.1 Å². The molecule has 18 heavy (non-hydrogen) atoms. The van der Waals surface area contributed by atoms with Gasteiger partial charge < -0.3 is 15.8 Å². The molecule has 104 valence electrons. The summed E-state index contributed by atoms with van der Waals surface area (Å²) in [5, 5.41) is 3.12. The highest BCUT2D eigenvalue weighted by atomic mass is 16.5. The van der Waals surface area contributed by atoms with Gasteiger partial charge >= 0.3 is 0 Å². The summed E-state index contributed by atoms with van der Waals surface area (Å²) < 4.78 is 5.57. The zero-order valence-electron chi connectivity index (χ0n) is 11.2. The number of nitrogens with one attached hydrogen (secondary N) is 1. The molecule has 5 nitrogen and oxygen atoms in total. The second-order valence-electron chi connectivity index (χ2n) is 5.29. The van der Waals surface area contributed by atoms with Gasteiger partial charge in [-0.25, -0.2) is 0 Å². The third kappa shape index (κ3) is 3.22. The molecule has 0 aromatic heterocycles. The van der Waals surface area contributed by atoms with Crippen LogP contribution in [0.5, 0.6) is 0 Å². The zero-order valence-corrected chi connectivity index (χ0v) is 11.2. The lowest BCUT2D eigenvalue weighted by atomic mass is 10.0. The summed E-state index contributed by atoms with van der Waals surface area (Å²) in [6.07, 6.45) is 3.04. The van der Waals surface area contributed by atoms with Crippen LogP contribution >= 0.6 is 0 Å². The van der Waals surface area contributed by atoms with E-state index in [1.54, 1.807) is 0 Å². The molecule has 1 saturated heterocycles. The van der Waals surface area contributed by atoms with Crippen LogP contribution in [0, 0.1) is 5.92 Å². The van der Waals surface area contributed by atoms with Gasteiger partial charge in [-0.15, -0.1) is 0 Å². The molecule has 2 fully saturated rings. The van der Waals surface area contributed by atoms with Crippen molar-refractivity contribution >= 4 is 5.91 Å². The number of carbonyl (C=O) groups excluding carboxylic acids is 1. The Hall–Kier alpha value is -0.650. The van der Waals surface area contributed by atoms with Gasteiger partial charge in [-0.3, -0.25) is 9.69 Å². The Balaban J connectivity index is 1.83.